The van der Waals surface area contributed by atoms with Crippen molar-refractivity contribution in [2.24, 2.45) is 5.92 Å². The maximum absolute atomic E-state index is 13.2. The number of halogens is 1. The van der Waals surface area contributed by atoms with Gasteiger partial charge in [-0.2, -0.15) is 0 Å². The van der Waals surface area contributed by atoms with Crippen LogP contribution in [0.3, 0.4) is 0 Å². The Bertz CT molecular complexity index is 503. The van der Waals surface area contributed by atoms with E-state index in [1.807, 2.05) is 0 Å². The van der Waals surface area contributed by atoms with Gasteiger partial charge in [-0.3, -0.25) is 10.1 Å². The van der Waals surface area contributed by atoms with Gasteiger partial charge in [0.05, 0.1) is 0 Å². The van der Waals surface area contributed by atoms with Gasteiger partial charge in [-0.1, -0.05) is 25.8 Å². The number of nitrogens with one attached hydrogen (secondary N) is 2. The van der Waals surface area contributed by atoms with E-state index in [1.54, 1.807) is 6.07 Å². The normalized spacial score (nSPS) is 30.0. The summed E-state index contributed by atoms with van der Waals surface area (Å²) < 4.78 is 13.2. The van der Waals surface area contributed by atoms with Crippen molar-refractivity contribution in [3.8, 4) is 0 Å². The fourth-order valence-electron chi connectivity index (χ4n) is 3.22. The molecule has 3 rings (SSSR count). The Kier molecular flexibility index (Phi) is 3.27. The minimum absolute atomic E-state index is 0.0705. The van der Waals surface area contributed by atoms with Crippen molar-refractivity contribution in [2.45, 2.75) is 44.7 Å². The Balaban J connectivity index is 1.77. The van der Waals surface area contributed by atoms with E-state index < -0.39 is 0 Å². The van der Waals surface area contributed by atoms with E-state index in [1.165, 1.54) is 25.0 Å². The third kappa shape index (κ3) is 2.50. The second-order valence-corrected chi connectivity index (χ2v) is 5.79. The fourth-order valence-corrected chi connectivity index (χ4v) is 3.22. The molecule has 1 saturated carbocycles. The van der Waals surface area contributed by atoms with Crippen LogP contribution in [0.25, 0.3) is 0 Å². The molecule has 1 aromatic rings. The lowest BCUT2D eigenvalue weighted by Crippen LogP contribution is -2.39. The molecule has 1 fully saturated rings. The zero-order valence-electron chi connectivity index (χ0n) is 11.1. The molecule has 1 heterocycles. The summed E-state index contributed by atoms with van der Waals surface area (Å²) in [5, 5.41) is 6.19. The summed E-state index contributed by atoms with van der Waals surface area (Å²) in [7, 11) is 0. The largest absolute Gasteiger partial charge is 0.324 e. The number of amides is 1. The molecule has 2 aliphatic rings. The first-order valence-corrected chi connectivity index (χ1v) is 7.00. The van der Waals surface area contributed by atoms with Gasteiger partial charge in [0.25, 0.3) is 0 Å². The van der Waals surface area contributed by atoms with Crippen molar-refractivity contribution < 1.29 is 9.18 Å². The topological polar surface area (TPSA) is 41.1 Å². The standard InChI is InChI=1S/C15H19FN2O/c1-9-3-2-4-11(7-9)17-14-12-6-5-10(16)8-13(12)18-15(14)19/h5-6,8-9,11,14,17H,2-4,7H2,1H3,(H,18,19). The zero-order chi connectivity index (χ0) is 13.4. The lowest BCUT2D eigenvalue weighted by atomic mass is 9.86. The van der Waals surface area contributed by atoms with Crippen LogP contribution < -0.4 is 10.6 Å². The molecule has 1 amide bonds. The highest BCUT2D eigenvalue weighted by molar-refractivity contribution is 6.02. The number of carbonyl (C=O) groups excluding carboxylic acids is 1. The molecule has 3 nitrogen and oxygen atoms in total. The fraction of sp³-hybridized carbons (Fsp3) is 0.533. The van der Waals surface area contributed by atoms with E-state index in [-0.39, 0.29) is 17.8 Å². The first-order valence-electron chi connectivity index (χ1n) is 7.00. The van der Waals surface area contributed by atoms with Crippen LogP contribution in [0.5, 0.6) is 0 Å². The minimum Gasteiger partial charge on any atom is -0.324 e. The monoisotopic (exact) mass is 262 g/mol. The molecule has 2 N–H and O–H groups in total. The SMILES string of the molecule is CC1CCCC(NC2C(=O)Nc3cc(F)ccc32)C1. The molecule has 1 aliphatic heterocycles. The molecule has 3 atom stereocenters. The van der Waals surface area contributed by atoms with Gasteiger partial charge >= 0.3 is 0 Å². The predicted molar refractivity (Wildman–Crippen MR) is 72.3 cm³/mol. The van der Waals surface area contributed by atoms with Gasteiger partial charge < -0.3 is 5.32 Å². The van der Waals surface area contributed by atoms with E-state index in [0.29, 0.717) is 17.6 Å². The summed E-state index contributed by atoms with van der Waals surface area (Å²) in [6.07, 6.45) is 4.71. The van der Waals surface area contributed by atoms with E-state index in [0.717, 1.165) is 18.4 Å². The van der Waals surface area contributed by atoms with Crippen molar-refractivity contribution in [3.63, 3.8) is 0 Å². The van der Waals surface area contributed by atoms with E-state index in [4.69, 9.17) is 0 Å². The quantitative estimate of drug-likeness (QED) is 0.860. The molecule has 1 aliphatic carbocycles. The summed E-state index contributed by atoms with van der Waals surface area (Å²) in [5.41, 5.74) is 1.47. The molecule has 0 spiro atoms. The number of carbonyl (C=O) groups is 1. The van der Waals surface area contributed by atoms with Crippen LogP contribution in [0.15, 0.2) is 18.2 Å². The van der Waals surface area contributed by atoms with Crippen molar-refractivity contribution >= 4 is 11.6 Å². The number of hydrogen-bond acceptors (Lipinski definition) is 2. The van der Waals surface area contributed by atoms with Crippen LogP contribution in [0.4, 0.5) is 10.1 Å². The van der Waals surface area contributed by atoms with Gasteiger partial charge in [-0.25, -0.2) is 4.39 Å². The second kappa shape index (κ2) is 4.93. The highest BCUT2D eigenvalue weighted by Gasteiger charge is 2.33. The molecular formula is C15H19FN2O. The Labute approximate surface area is 112 Å². The predicted octanol–water partition coefficient (Wildman–Crippen LogP) is 2.99. The van der Waals surface area contributed by atoms with Gasteiger partial charge in [0.15, 0.2) is 0 Å². The molecule has 3 unspecified atom stereocenters. The Morgan fingerprint density at radius 3 is 3.00 bits per heavy atom. The smallest absolute Gasteiger partial charge is 0.246 e. The third-order valence-electron chi connectivity index (χ3n) is 4.19. The summed E-state index contributed by atoms with van der Waals surface area (Å²) in [6, 6.07) is 4.56. The molecule has 1 aromatic carbocycles. The number of fused-ring (bicyclic) bond motifs is 1. The summed E-state index contributed by atoms with van der Waals surface area (Å²) in [5.74, 6) is 0.327. The van der Waals surface area contributed by atoms with E-state index in [9.17, 15) is 9.18 Å². The van der Waals surface area contributed by atoms with Gasteiger partial charge in [-0.15, -0.1) is 0 Å². The van der Waals surface area contributed by atoms with Crippen molar-refractivity contribution in [1.29, 1.82) is 0 Å². The molecular weight excluding hydrogens is 243 g/mol. The average molecular weight is 262 g/mol. The lowest BCUT2D eigenvalue weighted by Gasteiger charge is -2.29. The molecule has 0 aromatic heterocycles. The Hall–Kier alpha value is -1.42. The zero-order valence-corrected chi connectivity index (χ0v) is 11.1. The van der Waals surface area contributed by atoms with Gasteiger partial charge in [0.1, 0.15) is 11.9 Å². The van der Waals surface area contributed by atoms with Gasteiger partial charge in [0, 0.05) is 17.3 Å². The highest BCUT2D eigenvalue weighted by atomic mass is 19.1. The lowest BCUT2D eigenvalue weighted by molar-refractivity contribution is -0.118. The number of benzene rings is 1. The van der Waals surface area contributed by atoms with E-state index in [2.05, 4.69) is 17.6 Å². The molecule has 102 valence electrons. The molecule has 0 bridgehead atoms. The van der Waals surface area contributed by atoms with Crippen LogP contribution >= 0.6 is 0 Å². The number of rotatable bonds is 2. The third-order valence-corrected chi connectivity index (χ3v) is 4.19. The molecule has 0 radical (unpaired) electrons. The Morgan fingerprint density at radius 1 is 1.37 bits per heavy atom. The summed E-state index contributed by atoms with van der Waals surface area (Å²) in [6.45, 7) is 2.26. The van der Waals surface area contributed by atoms with Crippen LogP contribution in [0.1, 0.15) is 44.2 Å². The molecule has 4 heteroatoms. The van der Waals surface area contributed by atoms with Gasteiger partial charge in [-0.05, 0) is 30.9 Å². The van der Waals surface area contributed by atoms with Crippen LogP contribution in [0, 0.1) is 11.7 Å². The average Bonchev–Trinajstić information content (AvgIpc) is 2.65. The van der Waals surface area contributed by atoms with Crippen LogP contribution in [-0.4, -0.2) is 11.9 Å². The maximum atomic E-state index is 13.2. The van der Waals surface area contributed by atoms with Crippen molar-refractivity contribution in [3.05, 3.63) is 29.6 Å². The Morgan fingerprint density at radius 2 is 2.21 bits per heavy atom. The number of hydrogen-bond donors (Lipinski definition) is 2. The maximum Gasteiger partial charge on any atom is 0.246 e. The molecule has 19 heavy (non-hydrogen) atoms. The first kappa shape index (κ1) is 12.6. The summed E-state index contributed by atoms with van der Waals surface area (Å²) >= 11 is 0. The minimum atomic E-state index is -0.328. The second-order valence-electron chi connectivity index (χ2n) is 5.79. The first-order chi connectivity index (χ1) is 9.13. The molecule has 0 saturated heterocycles. The van der Waals surface area contributed by atoms with Crippen molar-refractivity contribution in [1.82, 2.24) is 5.32 Å². The summed E-state index contributed by atoms with van der Waals surface area (Å²) in [4.78, 5) is 12.0. The van der Waals surface area contributed by atoms with E-state index >= 15 is 0 Å². The van der Waals surface area contributed by atoms with Crippen molar-refractivity contribution in [2.75, 3.05) is 5.32 Å². The number of anilines is 1. The highest BCUT2D eigenvalue weighted by Crippen LogP contribution is 2.33. The van der Waals surface area contributed by atoms with Crippen LogP contribution in [-0.2, 0) is 4.79 Å². The van der Waals surface area contributed by atoms with Gasteiger partial charge in [0.2, 0.25) is 5.91 Å². The van der Waals surface area contributed by atoms with Crippen LogP contribution in [0.2, 0.25) is 0 Å².